The molecule has 0 saturated heterocycles. The van der Waals surface area contributed by atoms with Gasteiger partial charge in [0.1, 0.15) is 6.29 Å². The number of H-pyrrole nitrogens is 1. The highest BCUT2D eigenvalue weighted by Crippen LogP contribution is 2.26. The van der Waals surface area contributed by atoms with E-state index >= 15 is 0 Å². The van der Waals surface area contributed by atoms with Crippen molar-refractivity contribution in [3.63, 3.8) is 0 Å². The highest BCUT2D eigenvalue weighted by atomic mass is 16.1. The number of nitrogens with one attached hydrogen (secondary N) is 3. The van der Waals surface area contributed by atoms with E-state index in [1.165, 1.54) is 4.90 Å². The van der Waals surface area contributed by atoms with Crippen molar-refractivity contribution in [1.29, 1.82) is 0 Å². The number of anilines is 3. The molecule has 24 heavy (non-hydrogen) atoms. The highest BCUT2D eigenvalue weighted by molar-refractivity contribution is 5.87. The van der Waals surface area contributed by atoms with E-state index in [1.807, 2.05) is 6.08 Å². The third kappa shape index (κ3) is 3.00. The highest BCUT2D eigenvalue weighted by Gasteiger charge is 2.24. The number of nitrogens with zero attached hydrogens (tertiary/aromatic N) is 2. The van der Waals surface area contributed by atoms with E-state index in [0.29, 0.717) is 25.1 Å². The number of nitrogens with two attached hydrogens (primary N) is 1. The van der Waals surface area contributed by atoms with E-state index < -0.39 is 5.56 Å². The Kier molecular flexibility index (Phi) is 4.32. The van der Waals surface area contributed by atoms with E-state index in [1.54, 1.807) is 6.20 Å². The average Bonchev–Trinajstić information content (AvgIpc) is 2.59. The quantitative estimate of drug-likeness (QED) is 0.561. The molecule has 3 rings (SSSR count). The number of aromatic amines is 1. The standard InChI is InChI=1S/C15H18N6O3/c16-15-19-13-12(14(24)20-15)21(8-23)11(6-18-13)5-17-10-3-1-9(7-22)2-4-10/h3,6-9,17H,1-2,4-5H2,(H4,16,18,19,20,24). The van der Waals surface area contributed by atoms with Crippen LogP contribution in [0.25, 0.3) is 0 Å². The van der Waals surface area contributed by atoms with Crippen molar-refractivity contribution in [3.05, 3.63) is 34.0 Å². The number of rotatable bonds is 5. The number of allylic oxidation sites excluding steroid dienone is 2. The zero-order valence-electron chi connectivity index (χ0n) is 12.9. The van der Waals surface area contributed by atoms with Crippen molar-refractivity contribution in [2.75, 3.05) is 22.5 Å². The van der Waals surface area contributed by atoms with Crippen LogP contribution in [0.5, 0.6) is 0 Å². The summed E-state index contributed by atoms with van der Waals surface area (Å²) in [5, 5.41) is 6.12. The first kappa shape index (κ1) is 15.8. The summed E-state index contributed by atoms with van der Waals surface area (Å²) in [5.41, 5.74) is 6.72. The van der Waals surface area contributed by atoms with Crippen LogP contribution in [0.2, 0.25) is 0 Å². The van der Waals surface area contributed by atoms with Crippen LogP contribution in [-0.4, -0.2) is 29.2 Å². The molecule has 2 aliphatic rings. The third-order valence-electron chi connectivity index (χ3n) is 4.08. The van der Waals surface area contributed by atoms with E-state index in [9.17, 15) is 14.4 Å². The molecule has 1 aliphatic heterocycles. The Balaban J connectivity index is 1.74. The van der Waals surface area contributed by atoms with Crippen LogP contribution in [0.15, 0.2) is 28.5 Å². The van der Waals surface area contributed by atoms with Crippen LogP contribution in [0, 0.1) is 5.92 Å². The topological polar surface area (TPSA) is 133 Å². The number of nitrogen functional groups attached to an aromatic ring is 1. The van der Waals surface area contributed by atoms with Crippen molar-refractivity contribution < 1.29 is 9.59 Å². The minimum atomic E-state index is -0.492. The van der Waals surface area contributed by atoms with Crippen molar-refractivity contribution in [1.82, 2.24) is 15.3 Å². The molecule has 0 fully saturated rings. The van der Waals surface area contributed by atoms with Crippen LogP contribution >= 0.6 is 0 Å². The second-order valence-electron chi connectivity index (χ2n) is 5.66. The fraction of sp³-hybridized carbons (Fsp3) is 0.333. The van der Waals surface area contributed by atoms with Crippen LogP contribution < -0.4 is 26.8 Å². The molecule has 0 radical (unpaired) electrons. The Labute approximate surface area is 137 Å². The summed E-state index contributed by atoms with van der Waals surface area (Å²) >= 11 is 0. The Morgan fingerprint density at radius 1 is 1.46 bits per heavy atom. The lowest BCUT2D eigenvalue weighted by Gasteiger charge is -2.27. The molecule has 9 nitrogen and oxygen atoms in total. The van der Waals surface area contributed by atoms with Crippen LogP contribution in [-0.2, 0) is 9.59 Å². The van der Waals surface area contributed by atoms with Crippen LogP contribution in [0.3, 0.4) is 0 Å². The number of hydrogen-bond donors (Lipinski definition) is 4. The molecule has 1 aliphatic carbocycles. The maximum atomic E-state index is 12.1. The van der Waals surface area contributed by atoms with Gasteiger partial charge in [-0.1, -0.05) is 6.08 Å². The van der Waals surface area contributed by atoms with Crippen molar-refractivity contribution in [2.24, 2.45) is 5.92 Å². The minimum absolute atomic E-state index is 0.0239. The summed E-state index contributed by atoms with van der Waals surface area (Å²) in [7, 11) is 0. The lowest BCUT2D eigenvalue weighted by Crippen LogP contribution is -2.36. The maximum Gasteiger partial charge on any atom is 0.278 e. The van der Waals surface area contributed by atoms with Gasteiger partial charge < -0.3 is 21.2 Å². The van der Waals surface area contributed by atoms with Crippen molar-refractivity contribution in [3.8, 4) is 0 Å². The maximum absolute atomic E-state index is 12.1. The van der Waals surface area contributed by atoms with Gasteiger partial charge in [0.15, 0.2) is 11.5 Å². The zero-order valence-corrected chi connectivity index (χ0v) is 12.9. The molecule has 0 aromatic carbocycles. The van der Waals surface area contributed by atoms with Gasteiger partial charge in [-0.15, -0.1) is 0 Å². The van der Waals surface area contributed by atoms with E-state index in [-0.39, 0.29) is 23.4 Å². The van der Waals surface area contributed by atoms with Gasteiger partial charge >= 0.3 is 0 Å². The van der Waals surface area contributed by atoms with Crippen LogP contribution in [0.1, 0.15) is 19.3 Å². The predicted octanol–water partition coefficient (Wildman–Crippen LogP) is 0.0543. The third-order valence-corrected chi connectivity index (χ3v) is 4.08. The number of fused-ring (bicyclic) bond motifs is 1. The Morgan fingerprint density at radius 2 is 2.29 bits per heavy atom. The van der Waals surface area contributed by atoms with Gasteiger partial charge in [-0.2, -0.15) is 4.98 Å². The number of carbonyl (C=O) groups is 2. The first-order valence-corrected chi connectivity index (χ1v) is 7.60. The smallest absolute Gasteiger partial charge is 0.278 e. The summed E-state index contributed by atoms with van der Waals surface area (Å²) < 4.78 is 0. The summed E-state index contributed by atoms with van der Waals surface area (Å²) in [5.74, 6) is 0.293. The number of aromatic nitrogens is 2. The number of hydrogen-bond acceptors (Lipinski definition) is 7. The largest absolute Gasteiger partial charge is 0.383 e. The minimum Gasteiger partial charge on any atom is -0.383 e. The van der Waals surface area contributed by atoms with Crippen LogP contribution in [0.4, 0.5) is 17.5 Å². The Morgan fingerprint density at radius 3 is 2.96 bits per heavy atom. The summed E-state index contributed by atoms with van der Waals surface area (Å²) in [4.78, 5) is 41.9. The molecule has 1 atom stereocenters. The molecule has 1 unspecified atom stereocenters. The second-order valence-corrected chi connectivity index (χ2v) is 5.66. The second kappa shape index (κ2) is 6.57. The van der Waals surface area contributed by atoms with Gasteiger partial charge in [0, 0.05) is 17.8 Å². The molecule has 5 N–H and O–H groups in total. The van der Waals surface area contributed by atoms with Gasteiger partial charge in [-0.05, 0) is 19.3 Å². The molecule has 0 bridgehead atoms. The molecule has 2 heterocycles. The molecule has 0 spiro atoms. The molecule has 1 aromatic heterocycles. The molecule has 1 amide bonds. The summed E-state index contributed by atoms with van der Waals surface area (Å²) in [6.45, 7) is 0.354. The van der Waals surface area contributed by atoms with Crippen molar-refractivity contribution in [2.45, 2.75) is 19.3 Å². The van der Waals surface area contributed by atoms with Gasteiger partial charge in [0.2, 0.25) is 12.4 Å². The van der Waals surface area contributed by atoms with Crippen molar-refractivity contribution >= 4 is 30.1 Å². The lowest BCUT2D eigenvalue weighted by atomic mass is 9.94. The van der Waals surface area contributed by atoms with E-state index in [0.717, 1.165) is 24.8 Å². The number of aldehydes is 1. The lowest BCUT2D eigenvalue weighted by molar-refractivity contribution is -0.111. The molecule has 126 valence electrons. The zero-order chi connectivity index (χ0) is 17.1. The molecule has 9 heteroatoms. The molecule has 0 saturated carbocycles. The van der Waals surface area contributed by atoms with Gasteiger partial charge in [-0.3, -0.25) is 19.5 Å². The summed E-state index contributed by atoms with van der Waals surface area (Å²) in [6.07, 6.45) is 7.45. The molecular formula is C15H18N6O3. The first-order chi connectivity index (χ1) is 11.6. The number of carbonyl (C=O) groups excluding carboxylic acids is 2. The number of amides is 1. The van der Waals surface area contributed by atoms with Gasteiger partial charge in [0.05, 0.1) is 12.2 Å². The normalized spacial score (nSPS) is 19.5. The predicted molar refractivity (Wildman–Crippen MR) is 89.0 cm³/mol. The Hall–Kier alpha value is -3.10. The summed E-state index contributed by atoms with van der Waals surface area (Å²) in [6, 6.07) is 0. The molecular weight excluding hydrogens is 312 g/mol. The Bertz CT molecular complexity index is 782. The van der Waals surface area contributed by atoms with Gasteiger partial charge in [0.25, 0.3) is 5.56 Å². The fourth-order valence-corrected chi connectivity index (χ4v) is 2.77. The van der Waals surface area contributed by atoms with E-state index in [4.69, 9.17) is 5.73 Å². The first-order valence-electron chi connectivity index (χ1n) is 7.60. The monoisotopic (exact) mass is 330 g/mol. The van der Waals surface area contributed by atoms with Gasteiger partial charge in [-0.25, -0.2) is 0 Å². The SMILES string of the molecule is Nc1nc2c(c(=O)[nH]1)N(C=O)C(CNC1=CCC(C=O)CC1)=CN2. The average molecular weight is 330 g/mol. The van der Waals surface area contributed by atoms with E-state index in [2.05, 4.69) is 20.6 Å². The molecule has 1 aromatic rings. The fourth-order valence-electron chi connectivity index (χ4n) is 2.77.